The molecule has 3 aromatic rings. The fraction of sp³-hybridized carbons (Fsp3) is 0.200. The molecule has 0 aliphatic carbocycles. The van der Waals surface area contributed by atoms with E-state index in [4.69, 9.17) is 4.74 Å². The number of carbonyl (C=O) groups is 1. The molecule has 1 heterocycles. The van der Waals surface area contributed by atoms with Crippen LogP contribution >= 0.6 is 11.3 Å². The summed E-state index contributed by atoms with van der Waals surface area (Å²) in [7, 11) is 1.62. The van der Waals surface area contributed by atoms with Gasteiger partial charge in [-0.25, -0.2) is 4.98 Å². The lowest BCUT2D eigenvalue weighted by atomic mass is 10.1. The molecule has 4 nitrogen and oxygen atoms in total. The summed E-state index contributed by atoms with van der Waals surface area (Å²) in [5.41, 5.74) is 4.15. The quantitative estimate of drug-likeness (QED) is 0.669. The van der Waals surface area contributed by atoms with Crippen LogP contribution in [0.4, 0.5) is 5.13 Å². The lowest BCUT2D eigenvalue weighted by Crippen LogP contribution is -2.07. The van der Waals surface area contributed by atoms with E-state index in [1.54, 1.807) is 13.2 Å². The summed E-state index contributed by atoms with van der Waals surface area (Å²) >= 11 is 1.49. The number of benzene rings is 2. The maximum absolute atomic E-state index is 12.2. The van der Waals surface area contributed by atoms with Crippen LogP contribution in [0.1, 0.15) is 23.6 Å². The lowest BCUT2D eigenvalue weighted by molar-refractivity contribution is -0.111. The van der Waals surface area contributed by atoms with Gasteiger partial charge in [-0.05, 0) is 49.2 Å². The van der Waals surface area contributed by atoms with Crippen LogP contribution in [0.2, 0.25) is 0 Å². The Hall–Kier alpha value is -2.66. The number of aromatic nitrogens is 1. The van der Waals surface area contributed by atoms with E-state index in [1.807, 2.05) is 31.2 Å². The van der Waals surface area contributed by atoms with Gasteiger partial charge < -0.3 is 4.74 Å². The monoisotopic (exact) mass is 352 g/mol. The number of amides is 1. The average molecular weight is 352 g/mol. The molecule has 128 valence electrons. The Morgan fingerprint density at radius 3 is 2.88 bits per heavy atom. The van der Waals surface area contributed by atoms with Gasteiger partial charge in [0.05, 0.1) is 17.3 Å². The van der Waals surface area contributed by atoms with Gasteiger partial charge in [-0.15, -0.1) is 0 Å². The number of carbonyl (C=O) groups excluding carboxylic acids is 1. The summed E-state index contributed by atoms with van der Waals surface area (Å²) in [6, 6.07) is 12.0. The molecule has 1 N–H and O–H groups in total. The first kappa shape index (κ1) is 17.2. The van der Waals surface area contributed by atoms with E-state index < -0.39 is 0 Å². The third-order valence-electron chi connectivity index (χ3n) is 3.89. The maximum Gasteiger partial charge on any atom is 0.250 e. The molecule has 1 amide bonds. The Morgan fingerprint density at radius 1 is 1.28 bits per heavy atom. The average Bonchev–Trinajstić information content (AvgIpc) is 3.01. The second-order valence-corrected chi connectivity index (χ2v) is 6.77. The van der Waals surface area contributed by atoms with Crippen molar-refractivity contribution in [2.24, 2.45) is 0 Å². The Bertz CT molecular complexity index is 944. The van der Waals surface area contributed by atoms with Crippen LogP contribution in [-0.4, -0.2) is 18.0 Å². The third kappa shape index (κ3) is 4.06. The van der Waals surface area contributed by atoms with Crippen LogP contribution in [0.5, 0.6) is 5.75 Å². The molecular formula is C20H20N2O2S. The number of aryl methyl sites for hydroxylation is 2. The molecule has 0 saturated heterocycles. The molecular weight excluding hydrogens is 332 g/mol. The SMILES string of the molecule is CCc1ccc2nc(NC(=O)/C=C/c3cc(C)ccc3OC)sc2c1. The van der Waals surface area contributed by atoms with Gasteiger partial charge >= 0.3 is 0 Å². The molecule has 25 heavy (non-hydrogen) atoms. The van der Waals surface area contributed by atoms with Crippen LogP contribution in [0.3, 0.4) is 0 Å². The fourth-order valence-corrected chi connectivity index (χ4v) is 3.47. The van der Waals surface area contributed by atoms with Gasteiger partial charge in [-0.1, -0.05) is 36.0 Å². The van der Waals surface area contributed by atoms with Gasteiger partial charge in [-0.2, -0.15) is 0 Å². The van der Waals surface area contributed by atoms with Gasteiger partial charge in [0.2, 0.25) is 5.91 Å². The van der Waals surface area contributed by atoms with E-state index >= 15 is 0 Å². The zero-order chi connectivity index (χ0) is 17.8. The Morgan fingerprint density at radius 2 is 2.12 bits per heavy atom. The molecule has 0 bridgehead atoms. The molecule has 0 atom stereocenters. The number of anilines is 1. The number of hydrogen-bond donors (Lipinski definition) is 1. The maximum atomic E-state index is 12.2. The van der Waals surface area contributed by atoms with Crippen molar-refractivity contribution in [3.05, 3.63) is 59.2 Å². The molecule has 0 aliphatic heterocycles. The van der Waals surface area contributed by atoms with E-state index in [0.29, 0.717) is 5.13 Å². The zero-order valence-corrected chi connectivity index (χ0v) is 15.3. The molecule has 0 unspecified atom stereocenters. The van der Waals surface area contributed by atoms with E-state index in [2.05, 4.69) is 29.4 Å². The number of fused-ring (bicyclic) bond motifs is 1. The second-order valence-electron chi connectivity index (χ2n) is 5.74. The van der Waals surface area contributed by atoms with E-state index in [0.717, 1.165) is 33.5 Å². The van der Waals surface area contributed by atoms with Gasteiger partial charge in [-0.3, -0.25) is 10.1 Å². The molecule has 0 saturated carbocycles. The summed E-state index contributed by atoms with van der Waals surface area (Å²) in [4.78, 5) is 16.7. The van der Waals surface area contributed by atoms with Gasteiger partial charge in [0.25, 0.3) is 0 Å². The molecule has 1 aromatic heterocycles. The predicted octanol–water partition coefficient (Wildman–Crippen LogP) is 4.83. The number of hydrogen-bond acceptors (Lipinski definition) is 4. The van der Waals surface area contributed by atoms with Crippen molar-refractivity contribution in [3.8, 4) is 5.75 Å². The summed E-state index contributed by atoms with van der Waals surface area (Å²) < 4.78 is 6.40. The van der Waals surface area contributed by atoms with Crippen LogP contribution in [-0.2, 0) is 11.2 Å². The fourth-order valence-electron chi connectivity index (χ4n) is 2.54. The number of methoxy groups -OCH3 is 1. The third-order valence-corrected chi connectivity index (χ3v) is 4.82. The first-order chi connectivity index (χ1) is 12.1. The van der Waals surface area contributed by atoms with Crippen molar-refractivity contribution in [2.75, 3.05) is 12.4 Å². The predicted molar refractivity (Wildman–Crippen MR) is 104 cm³/mol. The molecule has 5 heteroatoms. The van der Waals surface area contributed by atoms with Crippen LogP contribution in [0, 0.1) is 6.92 Å². The van der Waals surface area contributed by atoms with Gasteiger partial charge in [0.15, 0.2) is 5.13 Å². The number of nitrogens with zero attached hydrogens (tertiary/aromatic N) is 1. The number of nitrogens with one attached hydrogen (secondary N) is 1. The Kier molecular flexibility index (Phi) is 5.14. The van der Waals surface area contributed by atoms with Gasteiger partial charge in [0.1, 0.15) is 5.75 Å². The smallest absolute Gasteiger partial charge is 0.250 e. The molecule has 0 aliphatic rings. The molecule has 3 rings (SSSR count). The number of thiazole rings is 1. The highest BCUT2D eigenvalue weighted by Gasteiger charge is 2.07. The lowest BCUT2D eigenvalue weighted by Gasteiger charge is -2.05. The van der Waals surface area contributed by atoms with Crippen molar-refractivity contribution in [1.29, 1.82) is 0 Å². The summed E-state index contributed by atoms with van der Waals surface area (Å²) in [6.45, 7) is 4.12. The summed E-state index contributed by atoms with van der Waals surface area (Å²) in [6.07, 6.45) is 4.24. The van der Waals surface area contributed by atoms with Crippen LogP contribution < -0.4 is 10.1 Å². The molecule has 0 radical (unpaired) electrons. The Balaban J connectivity index is 1.75. The van der Waals surface area contributed by atoms with E-state index in [1.165, 1.54) is 23.0 Å². The highest BCUT2D eigenvalue weighted by molar-refractivity contribution is 7.22. The van der Waals surface area contributed by atoms with E-state index in [9.17, 15) is 4.79 Å². The topological polar surface area (TPSA) is 51.2 Å². The zero-order valence-electron chi connectivity index (χ0n) is 14.5. The standard InChI is InChI=1S/C20H20N2O2S/c1-4-14-6-8-16-18(12-14)25-20(21-16)22-19(23)10-7-15-11-13(2)5-9-17(15)24-3/h5-12H,4H2,1-3H3,(H,21,22,23)/b10-7+. The van der Waals surface area contributed by atoms with Gasteiger partial charge in [0, 0.05) is 11.6 Å². The van der Waals surface area contributed by atoms with Crippen LogP contribution in [0.25, 0.3) is 16.3 Å². The van der Waals surface area contributed by atoms with Crippen LogP contribution in [0.15, 0.2) is 42.5 Å². The molecule has 0 spiro atoms. The van der Waals surface area contributed by atoms with Crippen molar-refractivity contribution < 1.29 is 9.53 Å². The summed E-state index contributed by atoms with van der Waals surface area (Å²) in [5.74, 6) is 0.528. The van der Waals surface area contributed by atoms with E-state index in [-0.39, 0.29) is 5.91 Å². The number of rotatable bonds is 5. The van der Waals surface area contributed by atoms with Crippen molar-refractivity contribution in [2.45, 2.75) is 20.3 Å². The number of ether oxygens (including phenoxy) is 1. The minimum Gasteiger partial charge on any atom is -0.496 e. The van der Waals surface area contributed by atoms with Crippen molar-refractivity contribution >= 4 is 38.7 Å². The molecule has 0 fully saturated rings. The normalized spacial score (nSPS) is 11.2. The largest absolute Gasteiger partial charge is 0.496 e. The van der Waals surface area contributed by atoms with Crippen molar-refractivity contribution in [3.63, 3.8) is 0 Å². The second kappa shape index (κ2) is 7.49. The minimum atomic E-state index is -0.210. The summed E-state index contributed by atoms with van der Waals surface area (Å²) in [5, 5.41) is 3.44. The molecule has 2 aromatic carbocycles. The highest BCUT2D eigenvalue weighted by atomic mass is 32.1. The highest BCUT2D eigenvalue weighted by Crippen LogP contribution is 2.27. The Labute approximate surface area is 151 Å². The minimum absolute atomic E-state index is 0.210. The first-order valence-corrected chi connectivity index (χ1v) is 8.94. The first-order valence-electron chi connectivity index (χ1n) is 8.12. The van der Waals surface area contributed by atoms with Crippen molar-refractivity contribution in [1.82, 2.24) is 4.98 Å².